The van der Waals surface area contributed by atoms with Gasteiger partial charge in [-0.15, -0.1) is 6.54 Å². The molecule has 0 bridgehead atoms. The lowest BCUT2D eigenvalue weighted by Crippen LogP contribution is -2.16. The number of aromatic nitrogens is 2. The Kier molecular flexibility index (Phi) is 11.1. The van der Waals surface area contributed by atoms with Gasteiger partial charge in [-0.25, -0.2) is 9.78 Å². The zero-order valence-electron chi connectivity index (χ0n) is 23.5. The van der Waals surface area contributed by atoms with Crippen molar-refractivity contribution < 1.29 is 41.0 Å². The fraction of sp³-hybridized carbons (Fsp3) is 0.300. The summed E-state index contributed by atoms with van der Waals surface area (Å²) in [6.07, 6.45) is -7.27. The molecule has 0 aliphatic carbocycles. The van der Waals surface area contributed by atoms with Crippen molar-refractivity contribution in [1.82, 2.24) is 14.9 Å². The van der Waals surface area contributed by atoms with Gasteiger partial charge in [0.25, 0.3) is 0 Å². The summed E-state index contributed by atoms with van der Waals surface area (Å²) in [6, 6.07) is 15.1. The van der Waals surface area contributed by atoms with Gasteiger partial charge in [-0.05, 0) is 55.1 Å². The van der Waals surface area contributed by atoms with Gasteiger partial charge in [0.2, 0.25) is 0 Å². The molecule has 1 aromatic heterocycles. The summed E-state index contributed by atoms with van der Waals surface area (Å²) in [5.74, 6) is -1.10. The first kappa shape index (κ1) is 33.3. The molecule has 0 atom stereocenters. The average Bonchev–Trinajstić information content (AvgIpc) is 2.94. The van der Waals surface area contributed by atoms with Gasteiger partial charge in [-0.2, -0.15) is 38.4 Å². The maximum Gasteiger partial charge on any atom is 0.416 e. The fourth-order valence-electron chi connectivity index (χ4n) is 4.09. The molecule has 13 heteroatoms. The van der Waals surface area contributed by atoms with Gasteiger partial charge in [0.05, 0.1) is 17.7 Å². The van der Waals surface area contributed by atoms with Crippen LogP contribution in [0.3, 0.4) is 0 Å². The van der Waals surface area contributed by atoms with Gasteiger partial charge in [0.15, 0.2) is 5.69 Å². The Bertz CT molecular complexity index is 1500. The summed E-state index contributed by atoms with van der Waals surface area (Å²) in [5.41, 5.74) is -1.53. The molecule has 3 aromatic carbocycles. The maximum atomic E-state index is 12.4. The van der Waals surface area contributed by atoms with Gasteiger partial charge in [0.1, 0.15) is 0 Å². The molecule has 0 aliphatic rings. The Hall–Kier alpha value is -4.23. The third-order valence-corrected chi connectivity index (χ3v) is 6.02. The van der Waals surface area contributed by atoms with Gasteiger partial charge in [-0.3, -0.25) is 0 Å². The molecule has 4 aromatic rings. The third kappa shape index (κ3) is 9.38. The molecule has 7 nitrogen and oxygen atoms in total. The van der Waals surface area contributed by atoms with E-state index in [9.17, 15) is 36.2 Å². The lowest BCUT2D eigenvalue weighted by molar-refractivity contribution is -0.143. The van der Waals surface area contributed by atoms with Crippen molar-refractivity contribution in [3.8, 4) is 17.1 Å². The minimum atomic E-state index is -4.80. The molecule has 0 saturated carbocycles. The number of nitrogens with zero attached hydrogens (tertiary/aromatic N) is 4. The van der Waals surface area contributed by atoms with E-state index in [2.05, 4.69) is 20.2 Å². The highest BCUT2D eigenvalue weighted by Gasteiger charge is 2.36. The van der Waals surface area contributed by atoms with E-state index in [1.807, 2.05) is 56.6 Å². The predicted octanol–water partition coefficient (Wildman–Crippen LogP) is 7.55. The van der Waals surface area contributed by atoms with Crippen LogP contribution in [0.1, 0.15) is 33.6 Å². The van der Waals surface area contributed by atoms with Crippen molar-refractivity contribution in [1.29, 1.82) is 0 Å². The van der Waals surface area contributed by atoms with Crippen molar-refractivity contribution in [2.75, 3.05) is 34.3 Å². The van der Waals surface area contributed by atoms with E-state index >= 15 is 0 Å². The largest absolute Gasteiger partial charge is 0.661 e. The number of hydrogen-bond acceptors (Lipinski definition) is 5. The fourth-order valence-corrected chi connectivity index (χ4v) is 4.09. The van der Waals surface area contributed by atoms with Crippen LogP contribution in [0.15, 0.2) is 66.9 Å². The maximum absolute atomic E-state index is 12.4. The van der Waals surface area contributed by atoms with Gasteiger partial charge >= 0.3 is 24.3 Å². The normalized spacial score (nSPS) is 11.8. The minimum absolute atomic E-state index is 0.0565. The molecular formula is C30H29F6N4O3-. The van der Waals surface area contributed by atoms with E-state index < -0.39 is 29.4 Å². The van der Waals surface area contributed by atoms with E-state index in [1.165, 1.54) is 13.2 Å². The van der Waals surface area contributed by atoms with Crippen molar-refractivity contribution >= 4 is 16.7 Å². The second-order valence-electron chi connectivity index (χ2n) is 9.64. The first-order chi connectivity index (χ1) is 20.2. The van der Waals surface area contributed by atoms with E-state index in [0.29, 0.717) is 24.3 Å². The number of alkyl halides is 6. The smallest absolute Gasteiger partial charge is 0.416 e. The van der Waals surface area contributed by atoms with Crippen LogP contribution in [0.2, 0.25) is 0 Å². The summed E-state index contributed by atoms with van der Waals surface area (Å²) in [7, 11) is 5.28. The van der Waals surface area contributed by atoms with E-state index in [-0.39, 0.29) is 29.9 Å². The van der Waals surface area contributed by atoms with E-state index in [1.54, 1.807) is 0 Å². The summed E-state index contributed by atoms with van der Waals surface area (Å²) in [5, 5.41) is 15.1. The van der Waals surface area contributed by atoms with Crippen LogP contribution in [0.25, 0.3) is 27.2 Å². The third-order valence-electron chi connectivity index (χ3n) is 6.02. The van der Waals surface area contributed by atoms with Crippen LogP contribution >= 0.6 is 0 Å². The van der Waals surface area contributed by atoms with E-state index in [0.717, 1.165) is 29.3 Å². The SMILES string of the molecule is CN(C)CCCOc1ncc(-c2cccc3ccccc23)c(C(=O)O)n1.C[N-]Cc1cc(C(F)(F)F)cc(C(F)(F)F)c1. The quantitative estimate of drug-likeness (QED) is 0.156. The lowest BCUT2D eigenvalue weighted by atomic mass is 9.98. The molecule has 0 aliphatic heterocycles. The molecule has 0 amide bonds. The molecule has 0 radical (unpaired) electrons. The molecular weight excluding hydrogens is 578 g/mol. The Labute approximate surface area is 244 Å². The number of benzene rings is 3. The molecule has 43 heavy (non-hydrogen) atoms. The number of rotatable bonds is 9. The van der Waals surface area contributed by atoms with Crippen LogP contribution in [-0.4, -0.2) is 60.2 Å². The zero-order chi connectivity index (χ0) is 31.8. The molecule has 0 unspecified atom stereocenters. The Morgan fingerprint density at radius 1 is 0.930 bits per heavy atom. The number of hydrogen-bond donors (Lipinski definition) is 1. The second kappa shape index (κ2) is 14.3. The highest BCUT2D eigenvalue weighted by atomic mass is 19.4. The predicted molar refractivity (Wildman–Crippen MR) is 150 cm³/mol. The molecule has 1 N–H and O–H groups in total. The van der Waals surface area contributed by atoms with Crippen LogP contribution in [0.5, 0.6) is 6.01 Å². The zero-order valence-corrected chi connectivity index (χ0v) is 23.5. The molecule has 0 spiro atoms. The van der Waals surface area contributed by atoms with Gasteiger partial charge in [0, 0.05) is 18.3 Å². The summed E-state index contributed by atoms with van der Waals surface area (Å²) < 4.78 is 79.8. The van der Waals surface area contributed by atoms with Gasteiger partial charge in [-0.1, -0.05) is 48.0 Å². The molecule has 0 saturated heterocycles. The minimum Gasteiger partial charge on any atom is -0.661 e. The first-order valence-corrected chi connectivity index (χ1v) is 12.9. The number of carboxylic acid groups (broad SMARTS) is 1. The number of ether oxygens (including phenoxy) is 1. The van der Waals surface area contributed by atoms with E-state index in [4.69, 9.17) is 4.74 Å². The van der Waals surface area contributed by atoms with Gasteiger partial charge < -0.3 is 20.1 Å². The Morgan fingerprint density at radius 3 is 2.14 bits per heavy atom. The highest BCUT2D eigenvalue weighted by Crippen LogP contribution is 2.36. The summed E-state index contributed by atoms with van der Waals surface area (Å²) in [6.45, 7) is 1.12. The van der Waals surface area contributed by atoms with Crippen LogP contribution < -0.4 is 4.74 Å². The number of fused-ring (bicyclic) bond motifs is 1. The monoisotopic (exact) mass is 607 g/mol. The van der Waals surface area contributed by atoms with Crippen LogP contribution in [0, 0.1) is 0 Å². The molecule has 230 valence electrons. The summed E-state index contributed by atoms with van der Waals surface area (Å²) in [4.78, 5) is 22.1. The molecule has 1 heterocycles. The first-order valence-electron chi connectivity index (χ1n) is 12.9. The van der Waals surface area contributed by atoms with Crippen LogP contribution in [-0.2, 0) is 18.9 Å². The lowest BCUT2D eigenvalue weighted by Gasteiger charge is -2.17. The highest BCUT2D eigenvalue weighted by molar-refractivity contribution is 6.02. The number of aromatic carboxylic acids is 1. The standard InChI is InChI=1S/C20H21N3O3.C10H8F6N/c1-23(2)11-6-12-26-20-21-13-17(18(22-20)19(24)25)16-10-5-8-14-7-3-4-9-15(14)16;1-17-5-6-2-7(9(11,12)13)4-8(3-6)10(14,15)16/h3-5,7-10,13H,6,11-12H2,1-2H3,(H,24,25);2-4H,5H2,1H3/q;-1. The van der Waals surface area contributed by atoms with Crippen molar-refractivity contribution in [3.63, 3.8) is 0 Å². The van der Waals surface area contributed by atoms with Crippen molar-refractivity contribution in [2.24, 2.45) is 0 Å². The van der Waals surface area contributed by atoms with Crippen molar-refractivity contribution in [2.45, 2.75) is 25.3 Å². The average molecular weight is 608 g/mol. The topological polar surface area (TPSA) is 89.7 Å². The second-order valence-corrected chi connectivity index (χ2v) is 9.64. The molecule has 4 rings (SSSR count). The Balaban J connectivity index is 0.000000259. The summed E-state index contributed by atoms with van der Waals surface area (Å²) >= 11 is 0. The number of carbonyl (C=O) groups is 1. The number of halogens is 6. The Morgan fingerprint density at radius 2 is 1.56 bits per heavy atom. The number of carboxylic acids is 1. The molecule has 0 fully saturated rings. The van der Waals surface area contributed by atoms with Crippen LogP contribution in [0.4, 0.5) is 26.3 Å². The van der Waals surface area contributed by atoms with Crippen molar-refractivity contribution in [3.05, 3.63) is 94.6 Å².